The van der Waals surface area contributed by atoms with Gasteiger partial charge in [-0.3, -0.25) is 9.47 Å². The summed E-state index contributed by atoms with van der Waals surface area (Å²) in [5.41, 5.74) is 12.8. The number of primary amides is 1. The Hall–Kier alpha value is -4.14. The highest BCUT2D eigenvalue weighted by molar-refractivity contribution is 5.97. The number of para-hydroxylation sites is 2. The lowest BCUT2D eigenvalue weighted by atomic mass is 9.92. The number of nitrogens with zero attached hydrogens (tertiary/aromatic N) is 2. The van der Waals surface area contributed by atoms with E-state index in [4.69, 9.17) is 15.2 Å². The number of hydrogen-bond donors (Lipinski definition) is 2. The largest absolute Gasteiger partial charge is 0.350 e. The van der Waals surface area contributed by atoms with Crippen molar-refractivity contribution in [3.63, 3.8) is 0 Å². The summed E-state index contributed by atoms with van der Waals surface area (Å²) in [6, 6.07) is 24.8. The van der Waals surface area contributed by atoms with Crippen molar-refractivity contribution in [3.8, 4) is 0 Å². The summed E-state index contributed by atoms with van der Waals surface area (Å²) in [5.74, 6) is -1.03. The highest BCUT2D eigenvalue weighted by atomic mass is 16.7. The van der Waals surface area contributed by atoms with Gasteiger partial charge in [-0.05, 0) is 55.0 Å². The molecule has 3 N–H and O–H groups in total. The maximum Gasteiger partial charge on any atom is 0.331 e. The predicted molar refractivity (Wildman–Crippen MR) is 166 cm³/mol. The van der Waals surface area contributed by atoms with Gasteiger partial charge in [-0.1, -0.05) is 87.5 Å². The molecule has 42 heavy (non-hydrogen) atoms. The van der Waals surface area contributed by atoms with Gasteiger partial charge in [0.25, 0.3) is 0 Å². The molecule has 1 aromatic heterocycles. The highest BCUT2D eigenvalue weighted by Gasteiger charge is 2.44. The third-order valence-electron chi connectivity index (χ3n) is 7.85. The van der Waals surface area contributed by atoms with Crippen molar-refractivity contribution in [1.82, 2.24) is 4.68 Å². The van der Waals surface area contributed by atoms with Crippen LogP contribution < -0.4 is 16.1 Å². The molecular weight excluding hydrogens is 528 g/mol. The van der Waals surface area contributed by atoms with E-state index in [1.807, 2.05) is 105 Å². The molecule has 0 aliphatic carbocycles. The second kappa shape index (κ2) is 12.0. The first-order chi connectivity index (χ1) is 20.1. The molecule has 1 saturated heterocycles. The second-order valence-electron chi connectivity index (χ2n) is 11.8. The first-order valence-corrected chi connectivity index (χ1v) is 14.5. The molecule has 5 rings (SSSR count). The number of amides is 3. The Bertz CT molecular complexity index is 1560. The Morgan fingerprint density at radius 2 is 1.67 bits per heavy atom. The van der Waals surface area contributed by atoms with Gasteiger partial charge in [-0.2, -0.15) is 0 Å². The minimum Gasteiger partial charge on any atom is -0.350 e. The van der Waals surface area contributed by atoms with Crippen LogP contribution in [0.5, 0.6) is 0 Å². The summed E-state index contributed by atoms with van der Waals surface area (Å²) < 4.78 is 14.4. The average molecular weight is 569 g/mol. The molecule has 220 valence electrons. The van der Waals surface area contributed by atoms with Crippen LogP contribution in [0.4, 0.5) is 10.5 Å². The zero-order valence-corrected chi connectivity index (χ0v) is 24.9. The zero-order valence-electron chi connectivity index (χ0n) is 24.9. The molecule has 8 heteroatoms. The molecule has 0 radical (unpaired) electrons. The van der Waals surface area contributed by atoms with Gasteiger partial charge in [0, 0.05) is 23.2 Å². The molecule has 4 aromatic rings. The summed E-state index contributed by atoms with van der Waals surface area (Å²) >= 11 is 0. The number of nitrogens with two attached hydrogens (primary N) is 1. The number of carbonyl (C=O) groups excluding carboxylic acids is 2. The van der Waals surface area contributed by atoms with E-state index in [2.05, 4.69) is 25.3 Å². The van der Waals surface area contributed by atoms with Crippen molar-refractivity contribution in [2.24, 2.45) is 11.7 Å². The Morgan fingerprint density at radius 1 is 1.00 bits per heavy atom. The van der Waals surface area contributed by atoms with Crippen molar-refractivity contribution in [2.75, 3.05) is 16.9 Å². The van der Waals surface area contributed by atoms with Crippen LogP contribution in [0, 0.1) is 5.92 Å². The number of nitrogens with one attached hydrogen (secondary N) is 1. The number of fused-ring (bicyclic) bond motifs is 1. The first-order valence-electron chi connectivity index (χ1n) is 14.5. The molecule has 0 saturated carbocycles. The fraction of sp³-hybridized carbons (Fsp3) is 0.353. The number of ether oxygens (including phenoxy) is 2. The van der Waals surface area contributed by atoms with E-state index in [0.29, 0.717) is 13.0 Å². The molecule has 0 bridgehead atoms. The van der Waals surface area contributed by atoms with Crippen LogP contribution in [0.15, 0.2) is 85.1 Å². The smallest absolute Gasteiger partial charge is 0.331 e. The lowest BCUT2D eigenvalue weighted by molar-refractivity contribution is -0.281. The van der Waals surface area contributed by atoms with Gasteiger partial charge in [-0.15, -0.1) is 0 Å². The van der Waals surface area contributed by atoms with Crippen molar-refractivity contribution >= 4 is 28.5 Å². The third-order valence-corrected chi connectivity index (χ3v) is 7.85. The van der Waals surface area contributed by atoms with Crippen LogP contribution in [0.2, 0.25) is 0 Å². The Labute approximate surface area is 247 Å². The first kappa shape index (κ1) is 29.4. The molecule has 0 spiro atoms. The zero-order chi connectivity index (χ0) is 30.0. The summed E-state index contributed by atoms with van der Waals surface area (Å²) in [6.07, 6.45) is 1.91. The number of benzene rings is 3. The lowest BCUT2D eigenvalue weighted by Crippen LogP contribution is -2.55. The SMILES string of the molecule is CC(Cc1cn(NC(N)=O)c2ccccc12)C(=O)N(c1ccccc1C(C)C)C1COC(C)(C)OC1c1ccccc1. The van der Waals surface area contributed by atoms with Crippen molar-refractivity contribution in [2.45, 2.75) is 64.9 Å². The fourth-order valence-electron chi connectivity index (χ4n) is 5.87. The molecular formula is C34H40N4O4. The van der Waals surface area contributed by atoms with E-state index in [1.165, 1.54) is 0 Å². The van der Waals surface area contributed by atoms with Gasteiger partial charge in [0.2, 0.25) is 5.91 Å². The number of carbonyl (C=O) groups is 2. The summed E-state index contributed by atoms with van der Waals surface area (Å²) in [5, 5.41) is 0.952. The number of hydrogen-bond acceptors (Lipinski definition) is 4. The molecule has 1 aliphatic heterocycles. The monoisotopic (exact) mass is 568 g/mol. The van der Waals surface area contributed by atoms with Crippen LogP contribution in [-0.4, -0.2) is 35.1 Å². The maximum atomic E-state index is 14.7. The molecule has 1 fully saturated rings. The average Bonchev–Trinajstić information content (AvgIpc) is 3.30. The highest BCUT2D eigenvalue weighted by Crippen LogP contribution is 2.40. The molecule has 3 aromatic carbocycles. The van der Waals surface area contributed by atoms with E-state index in [-0.39, 0.29) is 11.8 Å². The Kier molecular flexibility index (Phi) is 8.38. The number of rotatable bonds is 8. The number of urea groups is 1. The minimum atomic E-state index is -0.801. The molecule has 2 heterocycles. The molecule has 8 nitrogen and oxygen atoms in total. The van der Waals surface area contributed by atoms with Gasteiger partial charge < -0.3 is 20.1 Å². The fourth-order valence-corrected chi connectivity index (χ4v) is 5.87. The van der Waals surface area contributed by atoms with Crippen LogP contribution in [0.3, 0.4) is 0 Å². The van der Waals surface area contributed by atoms with Crippen molar-refractivity contribution in [1.29, 1.82) is 0 Å². The van der Waals surface area contributed by atoms with Crippen molar-refractivity contribution < 1.29 is 19.1 Å². The molecule has 3 amide bonds. The van der Waals surface area contributed by atoms with E-state index < -0.39 is 29.9 Å². The normalized spacial score (nSPS) is 19.0. The van der Waals surface area contributed by atoms with Crippen LogP contribution >= 0.6 is 0 Å². The maximum absolute atomic E-state index is 14.7. The van der Waals surface area contributed by atoms with Gasteiger partial charge >= 0.3 is 6.03 Å². The summed E-state index contributed by atoms with van der Waals surface area (Å²) in [4.78, 5) is 28.3. The second-order valence-corrected chi connectivity index (χ2v) is 11.8. The molecule has 3 unspecified atom stereocenters. The number of anilines is 1. The van der Waals surface area contributed by atoms with Gasteiger partial charge in [0.1, 0.15) is 6.10 Å². The lowest BCUT2D eigenvalue weighted by Gasteiger charge is -2.46. The predicted octanol–water partition coefficient (Wildman–Crippen LogP) is 6.49. The van der Waals surface area contributed by atoms with Crippen LogP contribution in [0.25, 0.3) is 10.9 Å². The van der Waals surface area contributed by atoms with Crippen LogP contribution in [-0.2, 0) is 20.7 Å². The number of aromatic nitrogens is 1. The summed E-state index contributed by atoms with van der Waals surface area (Å²) in [6.45, 7) is 10.4. The topological polar surface area (TPSA) is 98.8 Å². The van der Waals surface area contributed by atoms with E-state index in [9.17, 15) is 9.59 Å². The minimum absolute atomic E-state index is 0.0272. The third kappa shape index (κ3) is 6.05. The standard InChI is InChI=1S/C34H40N4O4/c1-22(2)26-15-9-12-18-29(26)38(30-21-41-34(4,5)42-31(30)24-13-7-6-8-14-24)32(39)23(3)19-25-20-37(36-33(35)40)28-17-11-10-16-27(25)28/h6-18,20,22-23,30-31H,19,21H2,1-5H3,(H3,35,36,40). The van der Waals surface area contributed by atoms with Gasteiger partial charge in [-0.25, -0.2) is 10.2 Å². The molecule has 3 atom stereocenters. The van der Waals surface area contributed by atoms with E-state index in [0.717, 1.165) is 33.3 Å². The van der Waals surface area contributed by atoms with Gasteiger partial charge in [0.15, 0.2) is 5.79 Å². The van der Waals surface area contributed by atoms with E-state index in [1.54, 1.807) is 4.68 Å². The Balaban J connectivity index is 1.57. The van der Waals surface area contributed by atoms with Crippen molar-refractivity contribution in [3.05, 3.63) is 102 Å². The Morgan fingerprint density at radius 3 is 2.38 bits per heavy atom. The van der Waals surface area contributed by atoms with Gasteiger partial charge in [0.05, 0.1) is 18.2 Å². The quantitative estimate of drug-likeness (QED) is 0.254. The molecule has 1 aliphatic rings. The summed E-state index contributed by atoms with van der Waals surface area (Å²) in [7, 11) is 0. The van der Waals surface area contributed by atoms with E-state index >= 15 is 0 Å². The van der Waals surface area contributed by atoms with Crippen LogP contribution in [0.1, 0.15) is 63.3 Å².